The summed E-state index contributed by atoms with van der Waals surface area (Å²) in [5, 5.41) is 11.2. The van der Waals surface area contributed by atoms with Crippen LogP contribution in [0, 0.1) is 5.92 Å². The molecular weight excluding hydrogens is 727 g/mol. The van der Waals surface area contributed by atoms with E-state index in [1.54, 1.807) is 7.11 Å². The molecule has 0 fully saturated rings. The van der Waals surface area contributed by atoms with Gasteiger partial charge in [0.1, 0.15) is 6.61 Å². The zero-order chi connectivity index (χ0) is 43.4. The molecule has 8 heteroatoms. The Bertz CT molecular complexity index is 893. The van der Waals surface area contributed by atoms with Crippen LogP contribution in [0.4, 0.5) is 0 Å². The Balaban J connectivity index is 0. The van der Waals surface area contributed by atoms with Gasteiger partial charge < -0.3 is 24.6 Å². The second-order valence-corrected chi connectivity index (χ2v) is 18.0. The average Bonchev–Trinajstić information content (AvgIpc) is 3.19. The predicted octanol–water partition coefficient (Wildman–Crippen LogP) is 13.9. The van der Waals surface area contributed by atoms with Gasteiger partial charge in [-0.1, -0.05) is 207 Å². The fourth-order valence-corrected chi connectivity index (χ4v) is 6.85. The standard InChI is InChI=1S/C44H85NO5.C6H14O2/c1-5-7-9-11-13-15-17-19-21-23-25-27-29-31-33-35-42(46)45-41(44(48)49-38-37-40(3)4)39-50-43(47)36-34-32-30-28-26-24-22-20-18-16-14-12-10-8-6-2;1-6(2,8-3)4-5-7/h40-41H,5-39H2,1-4H3,(H,45,46);7H,4-5H2,1-3H3. The molecule has 0 aromatic heterocycles. The Kier molecular flexibility index (Phi) is 45.2. The van der Waals surface area contributed by atoms with E-state index < -0.39 is 12.0 Å². The maximum Gasteiger partial charge on any atom is 0.332 e. The third-order valence-corrected chi connectivity index (χ3v) is 11.2. The summed E-state index contributed by atoms with van der Waals surface area (Å²) < 4.78 is 15.9. The van der Waals surface area contributed by atoms with Gasteiger partial charge in [-0.05, 0) is 45.4 Å². The first kappa shape index (κ1) is 58.4. The molecule has 0 aliphatic rings. The van der Waals surface area contributed by atoms with Crippen LogP contribution in [-0.2, 0) is 28.6 Å². The number of aliphatic hydroxyl groups is 1. The lowest BCUT2D eigenvalue weighted by molar-refractivity contribution is -0.154. The van der Waals surface area contributed by atoms with Crippen LogP contribution >= 0.6 is 0 Å². The Morgan fingerprint density at radius 1 is 0.552 bits per heavy atom. The number of amides is 1. The number of methoxy groups -OCH3 is 1. The maximum atomic E-state index is 12.8. The first-order chi connectivity index (χ1) is 28.0. The van der Waals surface area contributed by atoms with Crippen LogP contribution in [0.3, 0.4) is 0 Å². The van der Waals surface area contributed by atoms with E-state index in [2.05, 4.69) is 33.0 Å². The molecule has 58 heavy (non-hydrogen) atoms. The van der Waals surface area contributed by atoms with Crippen molar-refractivity contribution >= 4 is 17.8 Å². The molecule has 8 nitrogen and oxygen atoms in total. The molecule has 2 N–H and O–H groups in total. The average molecular weight is 826 g/mol. The summed E-state index contributed by atoms with van der Waals surface area (Å²) in [7, 11) is 1.65. The van der Waals surface area contributed by atoms with Gasteiger partial charge in [-0.25, -0.2) is 4.79 Å². The van der Waals surface area contributed by atoms with Crippen molar-refractivity contribution in [3.05, 3.63) is 0 Å². The zero-order valence-electron chi connectivity index (χ0n) is 39.7. The van der Waals surface area contributed by atoms with Crippen LogP contribution in [0.15, 0.2) is 0 Å². The minimum absolute atomic E-state index is 0.158. The van der Waals surface area contributed by atoms with Crippen molar-refractivity contribution in [2.24, 2.45) is 5.92 Å². The van der Waals surface area contributed by atoms with Crippen LogP contribution in [0.1, 0.15) is 260 Å². The van der Waals surface area contributed by atoms with Crippen molar-refractivity contribution in [1.29, 1.82) is 0 Å². The molecular formula is C50H99NO7. The zero-order valence-corrected chi connectivity index (χ0v) is 39.7. The van der Waals surface area contributed by atoms with Crippen LogP contribution in [-0.4, -0.2) is 61.5 Å². The second kappa shape index (κ2) is 44.9. The summed E-state index contributed by atoms with van der Waals surface area (Å²) in [6, 6.07) is -0.948. The number of ether oxygens (including phenoxy) is 3. The lowest BCUT2D eigenvalue weighted by Crippen LogP contribution is -2.45. The predicted molar refractivity (Wildman–Crippen MR) is 245 cm³/mol. The number of esters is 2. The first-order valence-corrected chi connectivity index (χ1v) is 24.8. The van der Waals surface area contributed by atoms with E-state index in [1.807, 2.05) is 13.8 Å². The van der Waals surface area contributed by atoms with Crippen molar-refractivity contribution in [2.75, 3.05) is 26.9 Å². The molecule has 0 rings (SSSR count). The van der Waals surface area contributed by atoms with Crippen LogP contribution in [0.5, 0.6) is 0 Å². The summed E-state index contributed by atoms with van der Waals surface area (Å²) >= 11 is 0. The molecule has 0 spiro atoms. The normalized spacial score (nSPS) is 11.9. The number of carbonyl (C=O) groups excluding carboxylic acids is 3. The van der Waals surface area contributed by atoms with Gasteiger partial charge in [0, 0.05) is 26.6 Å². The van der Waals surface area contributed by atoms with Gasteiger partial charge in [-0.2, -0.15) is 0 Å². The largest absolute Gasteiger partial charge is 0.464 e. The Labute approximate surface area is 360 Å². The number of hydrogen-bond acceptors (Lipinski definition) is 7. The summed E-state index contributed by atoms with van der Waals surface area (Å²) in [4.78, 5) is 37.9. The van der Waals surface area contributed by atoms with E-state index in [0.717, 1.165) is 44.9 Å². The van der Waals surface area contributed by atoms with E-state index in [4.69, 9.17) is 19.3 Å². The molecule has 346 valence electrons. The maximum absolute atomic E-state index is 12.8. The van der Waals surface area contributed by atoms with Gasteiger partial charge in [0.15, 0.2) is 6.04 Å². The number of carbonyl (C=O) groups is 3. The lowest BCUT2D eigenvalue weighted by atomic mass is 10.0. The summed E-state index contributed by atoms with van der Waals surface area (Å²) in [5.74, 6) is -0.593. The molecule has 0 radical (unpaired) electrons. The van der Waals surface area contributed by atoms with E-state index in [1.165, 1.54) is 154 Å². The number of aliphatic hydroxyl groups excluding tert-OH is 1. The van der Waals surface area contributed by atoms with Gasteiger partial charge in [0.25, 0.3) is 0 Å². The molecule has 0 aromatic rings. The molecule has 0 saturated carbocycles. The fraction of sp³-hybridized carbons (Fsp3) is 0.940. The summed E-state index contributed by atoms with van der Waals surface area (Å²) in [5.41, 5.74) is -0.158. The van der Waals surface area contributed by atoms with Crippen molar-refractivity contribution < 1.29 is 33.7 Å². The molecule has 0 aliphatic heterocycles. The van der Waals surface area contributed by atoms with Crippen molar-refractivity contribution in [1.82, 2.24) is 5.32 Å². The number of nitrogens with one attached hydrogen (secondary N) is 1. The smallest absolute Gasteiger partial charge is 0.332 e. The fourth-order valence-electron chi connectivity index (χ4n) is 6.85. The Hall–Kier alpha value is -1.67. The lowest BCUT2D eigenvalue weighted by Gasteiger charge is -2.20. The summed E-state index contributed by atoms with van der Waals surface area (Å²) in [6.45, 7) is 12.9. The number of rotatable bonds is 42. The van der Waals surface area contributed by atoms with Gasteiger partial charge >= 0.3 is 11.9 Å². The molecule has 1 atom stereocenters. The minimum atomic E-state index is -0.948. The van der Waals surface area contributed by atoms with Crippen molar-refractivity contribution in [3.8, 4) is 0 Å². The quantitative estimate of drug-likeness (QED) is 0.0466. The van der Waals surface area contributed by atoms with E-state index >= 15 is 0 Å². The van der Waals surface area contributed by atoms with Crippen molar-refractivity contribution in [2.45, 2.75) is 271 Å². The third kappa shape index (κ3) is 45.4. The first-order valence-electron chi connectivity index (χ1n) is 24.8. The van der Waals surface area contributed by atoms with Gasteiger partial charge in [0.2, 0.25) is 5.91 Å². The Morgan fingerprint density at radius 3 is 1.24 bits per heavy atom. The van der Waals surface area contributed by atoms with E-state index in [-0.39, 0.29) is 30.7 Å². The molecule has 0 aromatic carbocycles. The van der Waals surface area contributed by atoms with E-state index in [0.29, 0.717) is 31.8 Å². The van der Waals surface area contributed by atoms with Gasteiger partial charge in [0.05, 0.1) is 12.2 Å². The highest BCUT2D eigenvalue weighted by Crippen LogP contribution is 2.16. The molecule has 0 bridgehead atoms. The van der Waals surface area contributed by atoms with E-state index in [9.17, 15) is 14.4 Å². The van der Waals surface area contributed by atoms with Crippen molar-refractivity contribution in [3.63, 3.8) is 0 Å². The Morgan fingerprint density at radius 2 is 0.914 bits per heavy atom. The van der Waals surface area contributed by atoms with Gasteiger partial charge in [-0.15, -0.1) is 0 Å². The van der Waals surface area contributed by atoms with Crippen LogP contribution in [0.2, 0.25) is 0 Å². The minimum Gasteiger partial charge on any atom is -0.464 e. The van der Waals surface area contributed by atoms with Crippen LogP contribution < -0.4 is 5.32 Å². The highest BCUT2D eigenvalue weighted by Gasteiger charge is 2.24. The molecule has 0 aliphatic carbocycles. The third-order valence-electron chi connectivity index (χ3n) is 11.2. The summed E-state index contributed by atoms with van der Waals surface area (Å²) in [6.07, 6.45) is 40.5. The molecule has 0 saturated heterocycles. The molecule has 0 heterocycles. The molecule has 1 amide bonds. The molecule has 1 unspecified atom stereocenters. The topological polar surface area (TPSA) is 111 Å². The highest BCUT2D eigenvalue weighted by molar-refractivity contribution is 5.84. The second-order valence-electron chi connectivity index (χ2n) is 18.0. The SMILES string of the molecule is CCCCCCCCCCCCCCCCCC(=O)NC(COC(=O)CCCCCCCCCCCCCCCCC)C(=O)OCCC(C)C.COC(C)(C)CCO. The van der Waals surface area contributed by atoms with Gasteiger partial charge in [-0.3, -0.25) is 9.59 Å². The monoisotopic (exact) mass is 826 g/mol. The number of hydrogen-bond donors (Lipinski definition) is 2. The highest BCUT2D eigenvalue weighted by atomic mass is 16.6. The van der Waals surface area contributed by atoms with Crippen LogP contribution in [0.25, 0.3) is 0 Å². The number of unbranched alkanes of at least 4 members (excludes halogenated alkanes) is 28.